The molecule has 8 heteroatoms. The smallest absolute Gasteiger partial charge is 0.409 e. The van der Waals surface area contributed by atoms with Crippen molar-refractivity contribution in [1.29, 1.82) is 0 Å². The van der Waals surface area contributed by atoms with E-state index in [1.54, 1.807) is 24.0 Å². The highest BCUT2D eigenvalue weighted by atomic mass is 16.6. The second-order valence-electron chi connectivity index (χ2n) is 6.57. The molecule has 2 aliphatic heterocycles. The number of amides is 3. The number of likely N-dealkylation sites (N-methyl/N-ethyl adjacent to an activating group) is 1. The van der Waals surface area contributed by atoms with Crippen LogP contribution in [0.5, 0.6) is 0 Å². The molecule has 0 saturated carbocycles. The van der Waals surface area contributed by atoms with Gasteiger partial charge in [-0.15, -0.1) is 0 Å². The summed E-state index contributed by atoms with van der Waals surface area (Å²) < 4.78 is 5.00. The van der Waals surface area contributed by atoms with Crippen molar-refractivity contribution < 1.29 is 19.1 Å². The fourth-order valence-corrected chi connectivity index (χ4v) is 3.29. The molecule has 0 bridgehead atoms. The van der Waals surface area contributed by atoms with Crippen molar-refractivity contribution in [2.75, 3.05) is 43.5 Å². The molecule has 0 aliphatic carbocycles. The normalized spacial score (nSPS) is 17.4. The van der Waals surface area contributed by atoms with Gasteiger partial charge in [-0.2, -0.15) is 0 Å². The Morgan fingerprint density at radius 1 is 1.31 bits per heavy atom. The molecule has 8 nitrogen and oxygen atoms in total. The maximum absolute atomic E-state index is 12.5. The van der Waals surface area contributed by atoms with Gasteiger partial charge in [-0.05, 0) is 38.0 Å². The lowest BCUT2D eigenvalue weighted by atomic mass is 10.0. The summed E-state index contributed by atoms with van der Waals surface area (Å²) in [5.41, 5.74) is 2.05. The summed E-state index contributed by atoms with van der Waals surface area (Å²) >= 11 is 0. The molecule has 140 valence electrons. The molecule has 3 rings (SSSR count). The number of carbonyl (C=O) groups is 3. The largest absolute Gasteiger partial charge is 0.450 e. The Morgan fingerprint density at radius 2 is 2.04 bits per heavy atom. The van der Waals surface area contributed by atoms with Crippen LogP contribution < -0.4 is 15.5 Å². The average Bonchev–Trinajstić information content (AvgIpc) is 2.61. The van der Waals surface area contributed by atoms with E-state index in [0.717, 1.165) is 5.69 Å². The van der Waals surface area contributed by atoms with E-state index in [2.05, 4.69) is 10.6 Å². The van der Waals surface area contributed by atoms with Gasteiger partial charge < -0.3 is 25.2 Å². The topological polar surface area (TPSA) is 91.0 Å². The molecule has 0 unspecified atom stereocenters. The van der Waals surface area contributed by atoms with Crippen LogP contribution in [0.3, 0.4) is 0 Å². The van der Waals surface area contributed by atoms with Gasteiger partial charge in [0.2, 0.25) is 5.91 Å². The van der Waals surface area contributed by atoms with Gasteiger partial charge in [0.15, 0.2) is 0 Å². The summed E-state index contributed by atoms with van der Waals surface area (Å²) in [7, 11) is 1.84. The number of fused-ring (bicyclic) bond motifs is 1. The van der Waals surface area contributed by atoms with Crippen molar-refractivity contribution in [1.82, 2.24) is 10.2 Å². The summed E-state index contributed by atoms with van der Waals surface area (Å²) in [6.07, 6.45) is 1.08. The molecule has 26 heavy (non-hydrogen) atoms. The fraction of sp³-hybridized carbons (Fsp3) is 0.500. The molecule has 0 spiro atoms. The van der Waals surface area contributed by atoms with Crippen molar-refractivity contribution >= 4 is 29.3 Å². The molecular weight excluding hydrogens is 336 g/mol. The lowest BCUT2D eigenvalue weighted by Crippen LogP contribution is -2.46. The Kier molecular flexibility index (Phi) is 5.29. The maximum Gasteiger partial charge on any atom is 0.409 e. The highest BCUT2D eigenvalue weighted by Crippen LogP contribution is 2.29. The Balaban J connectivity index is 1.59. The predicted molar refractivity (Wildman–Crippen MR) is 97.4 cm³/mol. The molecule has 0 aromatic heterocycles. The van der Waals surface area contributed by atoms with Crippen LogP contribution >= 0.6 is 0 Å². The first kappa shape index (κ1) is 18.0. The van der Waals surface area contributed by atoms with Gasteiger partial charge in [-0.3, -0.25) is 9.59 Å². The van der Waals surface area contributed by atoms with Crippen molar-refractivity contribution in [3.63, 3.8) is 0 Å². The van der Waals surface area contributed by atoms with Gasteiger partial charge in [0.25, 0.3) is 5.91 Å². The SMILES string of the molecule is CCOC(=O)N1CCC(NC(=O)c2ccc3c(c2)NC(=O)CN3C)CC1. The number of ether oxygens (including phenoxy) is 1. The van der Waals surface area contributed by atoms with Gasteiger partial charge >= 0.3 is 6.09 Å². The van der Waals surface area contributed by atoms with Crippen LogP contribution in [0, 0.1) is 0 Å². The standard InChI is InChI=1S/C18H24N4O4/c1-3-26-18(25)22-8-6-13(7-9-22)19-17(24)12-4-5-15-14(10-12)20-16(23)11-21(15)2/h4-5,10,13H,3,6-9,11H2,1-2H3,(H,19,24)(H,20,23). The molecule has 1 aromatic carbocycles. The number of piperidine rings is 1. The van der Waals surface area contributed by atoms with Crippen LogP contribution in [-0.4, -0.2) is 62.1 Å². The summed E-state index contributed by atoms with van der Waals surface area (Å²) in [6.45, 7) is 3.57. The number of benzene rings is 1. The van der Waals surface area contributed by atoms with E-state index in [1.807, 2.05) is 18.0 Å². The van der Waals surface area contributed by atoms with E-state index in [-0.39, 0.29) is 23.9 Å². The third kappa shape index (κ3) is 3.89. The molecule has 1 fully saturated rings. The number of rotatable bonds is 3. The fourth-order valence-electron chi connectivity index (χ4n) is 3.29. The van der Waals surface area contributed by atoms with Crippen LogP contribution in [0.2, 0.25) is 0 Å². The Bertz CT molecular complexity index is 713. The first-order valence-electron chi connectivity index (χ1n) is 8.85. The molecule has 1 aromatic rings. The molecule has 1 saturated heterocycles. The molecule has 3 amide bonds. The molecule has 2 aliphatic rings. The monoisotopic (exact) mass is 360 g/mol. The summed E-state index contributed by atoms with van der Waals surface area (Å²) in [4.78, 5) is 39.4. The summed E-state index contributed by atoms with van der Waals surface area (Å²) in [5, 5.41) is 5.81. The molecule has 2 heterocycles. The van der Waals surface area contributed by atoms with Crippen LogP contribution in [-0.2, 0) is 9.53 Å². The number of hydrogen-bond donors (Lipinski definition) is 2. The third-order valence-electron chi connectivity index (χ3n) is 4.68. The summed E-state index contributed by atoms with van der Waals surface area (Å²) in [5.74, 6) is -0.270. The van der Waals surface area contributed by atoms with Crippen molar-refractivity contribution in [3.8, 4) is 0 Å². The maximum atomic E-state index is 12.5. The Labute approximate surface area is 152 Å². The van der Waals surface area contributed by atoms with E-state index >= 15 is 0 Å². The lowest BCUT2D eigenvalue weighted by Gasteiger charge is -2.31. The number of hydrogen-bond acceptors (Lipinski definition) is 5. The van der Waals surface area contributed by atoms with Crippen molar-refractivity contribution in [3.05, 3.63) is 23.8 Å². The highest BCUT2D eigenvalue weighted by Gasteiger charge is 2.25. The quantitative estimate of drug-likeness (QED) is 0.851. The molecule has 0 radical (unpaired) electrons. The molecular formula is C18H24N4O4. The molecule has 0 atom stereocenters. The number of carbonyl (C=O) groups excluding carboxylic acids is 3. The van der Waals surface area contributed by atoms with Gasteiger partial charge in [0.1, 0.15) is 0 Å². The Hall–Kier alpha value is -2.77. The van der Waals surface area contributed by atoms with Gasteiger partial charge in [-0.1, -0.05) is 0 Å². The zero-order valence-corrected chi connectivity index (χ0v) is 15.1. The minimum Gasteiger partial charge on any atom is -0.450 e. The van der Waals surface area contributed by atoms with E-state index < -0.39 is 0 Å². The number of anilines is 2. The van der Waals surface area contributed by atoms with Crippen LogP contribution in [0.4, 0.5) is 16.2 Å². The number of nitrogens with zero attached hydrogens (tertiary/aromatic N) is 2. The Morgan fingerprint density at radius 3 is 2.73 bits per heavy atom. The van der Waals surface area contributed by atoms with E-state index in [0.29, 0.717) is 50.3 Å². The average molecular weight is 360 g/mol. The van der Waals surface area contributed by atoms with E-state index in [1.165, 1.54) is 0 Å². The lowest BCUT2D eigenvalue weighted by molar-refractivity contribution is -0.115. The minimum atomic E-state index is -0.299. The van der Waals surface area contributed by atoms with E-state index in [9.17, 15) is 14.4 Å². The first-order valence-corrected chi connectivity index (χ1v) is 8.85. The van der Waals surface area contributed by atoms with E-state index in [4.69, 9.17) is 4.74 Å². The first-order chi connectivity index (χ1) is 12.5. The zero-order chi connectivity index (χ0) is 18.7. The van der Waals surface area contributed by atoms with Gasteiger partial charge in [-0.25, -0.2) is 4.79 Å². The predicted octanol–water partition coefficient (Wildman–Crippen LogP) is 1.43. The minimum absolute atomic E-state index is 0.0153. The van der Waals surface area contributed by atoms with Crippen LogP contribution in [0.25, 0.3) is 0 Å². The second-order valence-corrected chi connectivity index (χ2v) is 6.57. The number of nitrogens with one attached hydrogen (secondary N) is 2. The van der Waals surface area contributed by atoms with Gasteiger partial charge in [0.05, 0.1) is 24.5 Å². The molecule has 2 N–H and O–H groups in total. The van der Waals surface area contributed by atoms with Gasteiger partial charge in [0, 0.05) is 31.7 Å². The van der Waals surface area contributed by atoms with Crippen LogP contribution in [0.15, 0.2) is 18.2 Å². The van der Waals surface area contributed by atoms with Crippen LogP contribution in [0.1, 0.15) is 30.1 Å². The van der Waals surface area contributed by atoms with Crippen molar-refractivity contribution in [2.24, 2.45) is 0 Å². The zero-order valence-electron chi connectivity index (χ0n) is 15.1. The third-order valence-corrected chi connectivity index (χ3v) is 4.68. The van der Waals surface area contributed by atoms with Crippen molar-refractivity contribution in [2.45, 2.75) is 25.8 Å². The summed E-state index contributed by atoms with van der Waals surface area (Å²) in [6, 6.07) is 5.32. The number of likely N-dealkylation sites (tertiary alicyclic amines) is 1. The highest BCUT2D eigenvalue weighted by molar-refractivity contribution is 6.03. The second kappa shape index (κ2) is 7.63.